The van der Waals surface area contributed by atoms with Crippen molar-refractivity contribution < 1.29 is 9.53 Å². The first-order valence-corrected chi connectivity index (χ1v) is 7.68. The van der Waals surface area contributed by atoms with E-state index in [9.17, 15) is 4.79 Å². The molecule has 3 nitrogen and oxygen atoms in total. The molecule has 17 heavy (non-hydrogen) atoms. The van der Waals surface area contributed by atoms with Gasteiger partial charge in [-0.05, 0) is 31.6 Å². The van der Waals surface area contributed by atoms with Crippen molar-refractivity contribution in [3.05, 3.63) is 0 Å². The third-order valence-electron chi connectivity index (χ3n) is 3.89. The lowest BCUT2D eigenvalue weighted by atomic mass is 9.89. The van der Waals surface area contributed by atoms with Crippen LogP contribution in [0.25, 0.3) is 0 Å². The Morgan fingerprint density at radius 2 is 2.06 bits per heavy atom. The summed E-state index contributed by atoms with van der Waals surface area (Å²) in [6.07, 6.45) is 7.09. The number of amides is 1. The van der Waals surface area contributed by atoms with Crippen molar-refractivity contribution >= 4 is 21.8 Å². The van der Waals surface area contributed by atoms with Gasteiger partial charge in [-0.1, -0.05) is 28.8 Å². The van der Waals surface area contributed by atoms with Crippen molar-refractivity contribution in [1.29, 1.82) is 0 Å². The van der Waals surface area contributed by atoms with Crippen LogP contribution in [0.4, 0.5) is 0 Å². The lowest BCUT2D eigenvalue weighted by Gasteiger charge is -2.28. The number of carbonyl (C=O) groups excluding carboxylic acids is 1. The molecule has 2 aliphatic rings. The van der Waals surface area contributed by atoms with E-state index in [0.717, 1.165) is 26.0 Å². The summed E-state index contributed by atoms with van der Waals surface area (Å²) in [5, 5.41) is 3.10. The molecule has 2 fully saturated rings. The number of carbonyl (C=O) groups is 1. The summed E-state index contributed by atoms with van der Waals surface area (Å²) in [4.78, 5) is 12.5. The predicted molar refractivity (Wildman–Crippen MR) is 71.2 cm³/mol. The minimum absolute atomic E-state index is 0.0844. The minimum Gasteiger partial charge on any atom is -0.381 e. The lowest BCUT2D eigenvalue weighted by molar-refractivity contribution is -0.129. The van der Waals surface area contributed by atoms with Crippen LogP contribution >= 0.6 is 15.9 Å². The van der Waals surface area contributed by atoms with Crippen molar-refractivity contribution in [2.24, 2.45) is 11.8 Å². The number of halogens is 1. The normalized spacial score (nSPS) is 34.3. The van der Waals surface area contributed by atoms with Gasteiger partial charge in [0.15, 0.2) is 0 Å². The van der Waals surface area contributed by atoms with Crippen LogP contribution in [0.15, 0.2) is 0 Å². The van der Waals surface area contributed by atoms with Gasteiger partial charge >= 0.3 is 0 Å². The highest BCUT2D eigenvalue weighted by atomic mass is 79.9. The maximum absolute atomic E-state index is 11.9. The van der Waals surface area contributed by atoms with E-state index in [1.807, 2.05) is 0 Å². The Labute approximate surface area is 112 Å². The van der Waals surface area contributed by atoms with E-state index in [0.29, 0.717) is 17.4 Å². The van der Waals surface area contributed by atoms with Gasteiger partial charge in [-0.25, -0.2) is 0 Å². The Balaban J connectivity index is 1.71. The van der Waals surface area contributed by atoms with E-state index < -0.39 is 0 Å². The zero-order valence-corrected chi connectivity index (χ0v) is 11.9. The predicted octanol–water partition coefficient (Wildman–Crippen LogP) is 2.48. The molecule has 98 valence electrons. The van der Waals surface area contributed by atoms with Crippen molar-refractivity contribution in [1.82, 2.24) is 5.32 Å². The lowest BCUT2D eigenvalue weighted by Crippen LogP contribution is -2.40. The molecule has 0 spiro atoms. The van der Waals surface area contributed by atoms with Gasteiger partial charge in [0.2, 0.25) is 5.91 Å². The van der Waals surface area contributed by atoms with Crippen LogP contribution in [0, 0.1) is 11.8 Å². The monoisotopic (exact) mass is 303 g/mol. The Hall–Kier alpha value is -0.0900. The number of ether oxygens (including phenoxy) is 1. The highest BCUT2D eigenvalue weighted by Gasteiger charge is 2.25. The summed E-state index contributed by atoms with van der Waals surface area (Å²) in [6.45, 7) is 2.25. The van der Waals surface area contributed by atoms with Gasteiger partial charge in [0.05, 0.1) is 12.5 Å². The molecule has 4 heteroatoms. The smallest absolute Gasteiger partial charge is 0.225 e. The summed E-state index contributed by atoms with van der Waals surface area (Å²) in [6, 6.07) is 0. The first kappa shape index (κ1) is 13.3. The molecule has 0 aromatic carbocycles. The van der Waals surface area contributed by atoms with Crippen molar-refractivity contribution in [3.63, 3.8) is 0 Å². The van der Waals surface area contributed by atoms with Crippen LogP contribution in [-0.4, -0.2) is 30.5 Å². The average molecular weight is 304 g/mol. The fraction of sp³-hybridized carbons (Fsp3) is 0.923. The van der Waals surface area contributed by atoms with Crippen LogP contribution < -0.4 is 5.32 Å². The summed E-state index contributed by atoms with van der Waals surface area (Å²) in [5.41, 5.74) is 0. The molecule has 0 aromatic heterocycles. The molecule has 1 aliphatic heterocycles. The topological polar surface area (TPSA) is 38.3 Å². The standard InChI is InChI=1S/C13H22BrNO2/c14-12-6-2-1-4-10(12)8-15-13(16)11-5-3-7-17-9-11/h10-12H,1-9H2,(H,15,16). The number of alkyl halides is 1. The number of hydrogen-bond donors (Lipinski definition) is 1. The van der Waals surface area contributed by atoms with Gasteiger partial charge in [0.1, 0.15) is 0 Å². The quantitative estimate of drug-likeness (QED) is 0.814. The molecule has 3 atom stereocenters. The third kappa shape index (κ3) is 3.95. The maximum Gasteiger partial charge on any atom is 0.225 e. The molecule has 3 unspecified atom stereocenters. The Morgan fingerprint density at radius 1 is 1.24 bits per heavy atom. The van der Waals surface area contributed by atoms with Crippen molar-refractivity contribution in [2.45, 2.75) is 43.4 Å². The van der Waals surface area contributed by atoms with Crippen molar-refractivity contribution in [3.8, 4) is 0 Å². The Bertz CT molecular complexity index is 254. The highest BCUT2D eigenvalue weighted by Crippen LogP contribution is 2.29. The Kier molecular flexibility index (Phi) is 5.29. The van der Waals surface area contributed by atoms with E-state index in [1.54, 1.807) is 0 Å². The molecule has 1 amide bonds. The van der Waals surface area contributed by atoms with Gasteiger partial charge in [0.25, 0.3) is 0 Å². The Morgan fingerprint density at radius 3 is 2.76 bits per heavy atom. The SMILES string of the molecule is O=C(NCC1CCCCC1Br)C1CCCOC1. The van der Waals surface area contributed by atoms with Crippen LogP contribution in [0.5, 0.6) is 0 Å². The van der Waals surface area contributed by atoms with Gasteiger partial charge < -0.3 is 10.1 Å². The maximum atomic E-state index is 11.9. The van der Waals surface area contributed by atoms with E-state index in [1.165, 1.54) is 25.7 Å². The highest BCUT2D eigenvalue weighted by molar-refractivity contribution is 9.09. The van der Waals surface area contributed by atoms with Gasteiger partial charge in [-0.15, -0.1) is 0 Å². The first-order valence-electron chi connectivity index (χ1n) is 6.77. The summed E-state index contributed by atoms with van der Waals surface area (Å²) in [7, 11) is 0. The van der Waals surface area contributed by atoms with Crippen LogP contribution in [0.1, 0.15) is 38.5 Å². The minimum atomic E-state index is 0.0844. The van der Waals surface area contributed by atoms with E-state index in [-0.39, 0.29) is 11.8 Å². The van der Waals surface area contributed by atoms with Gasteiger partial charge in [-0.2, -0.15) is 0 Å². The molecule has 1 saturated carbocycles. The summed E-state index contributed by atoms with van der Waals surface area (Å²) >= 11 is 3.72. The largest absolute Gasteiger partial charge is 0.381 e. The molecular formula is C13H22BrNO2. The third-order valence-corrected chi connectivity index (χ3v) is 5.09. The zero-order valence-electron chi connectivity index (χ0n) is 10.3. The van der Waals surface area contributed by atoms with Gasteiger partial charge in [0, 0.05) is 18.0 Å². The van der Waals surface area contributed by atoms with E-state index >= 15 is 0 Å². The van der Waals surface area contributed by atoms with Crippen LogP contribution in [0.3, 0.4) is 0 Å². The molecule has 2 rings (SSSR count). The second-order valence-electron chi connectivity index (χ2n) is 5.22. The summed E-state index contributed by atoms with van der Waals surface area (Å²) < 4.78 is 5.35. The van der Waals surface area contributed by atoms with E-state index in [2.05, 4.69) is 21.2 Å². The molecular weight excluding hydrogens is 282 g/mol. The molecule has 1 saturated heterocycles. The fourth-order valence-corrected chi connectivity index (χ4v) is 3.49. The molecule has 0 radical (unpaired) electrons. The average Bonchev–Trinajstić information content (AvgIpc) is 2.38. The molecule has 0 bridgehead atoms. The molecule has 0 aromatic rings. The van der Waals surface area contributed by atoms with Gasteiger partial charge in [-0.3, -0.25) is 4.79 Å². The van der Waals surface area contributed by atoms with Crippen LogP contribution in [0.2, 0.25) is 0 Å². The molecule has 1 heterocycles. The zero-order chi connectivity index (χ0) is 12.1. The number of hydrogen-bond acceptors (Lipinski definition) is 2. The van der Waals surface area contributed by atoms with Crippen LogP contribution in [-0.2, 0) is 9.53 Å². The fourth-order valence-electron chi connectivity index (χ4n) is 2.72. The second kappa shape index (κ2) is 6.74. The molecule has 1 aliphatic carbocycles. The second-order valence-corrected chi connectivity index (χ2v) is 6.40. The molecule has 1 N–H and O–H groups in total. The van der Waals surface area contributed by atoms with Crippen molar-refractivity contribution in [2.75, 3.05) is 19.8 Å². The summed E-state index contributed by atoms with van der Waals surface area (Å²) in [5.74, 6) is 0.883. The number of rotatable bonds is 3. The van der Waals surface area contributed by atoms with E-state index in [4.69, 9.17) is 4.74 Å². The first-order chi connectivity index (χ1) is 8.27. The number of nitrogens with one attached hydrogen (secondary N) is 1.